The van der Waals surface area contributed by atoms with Crippen LogP contribution in [0.5, 0.6) is 0 Å². The molecule has 0 aliphatic heterocycles. The van der Waals surface area contributed by atoms with Crippen molar-refractivity contribution in [3.63, 3.8) is 0 Å². The van der Waals surface area contributed by atoms with E-state index in [0.29, 0.717) is 13.1 Å². The fourth-order valence-electron chi connectivity index (χ4n) is 1.28. The lowest BCUT2D eigenvalue weighted by Gasteiger charge is -2.12. The molecule has 1 heterocycles. The standard InChI is InChI=1S/C10H17N3O3S2/c1-3-12-10(14)7(2)13-18(15,16)9-5-4-8(6-11)17-9/h4-5,7,13H,3,6,11H2,1-2H3,(H,12,14). The maximum absolute atomic E-state index is 12.0. The summed E-state index contributed by atoms with van der Waals surface area (Å²) < 4.78 is 26.4. The van der Waals surface area contributed by atoms with Crippen LogP contribution in [-0.4, -0.2) is 26.9 Å². The summed E-state index contributed by atoms with van der Waals surface area (Å²) in [6, 6.07) is 2.34. The lowest BCUT2D eigenvalue weighted by atomic mass is 10.3. The van der Waals surface area contributed by atoms with Gasteiger partial charge in [-0.2, -0.15) is 4.72 Å². The third kappa shape index (κ3) is 3.77. The molecule has 0 fully saturated rings. The van der Waals surface area contributed by atoms with Crippen LogP contribution >= 0.6 is 11.3 Å². The summed E-state index contributed by atoms with van der Waals surface area (Å²) in [5.74, 6) is -0.350. The van der Waals surface area contributed by atoms with Crippen molar-refractivity contribution in [3.8, 4) is 0 Å². The Morgan fingerprint density at radius 2 is 2.17 bits per heavy atom. The Labute approximate surface area is 111 Å². The van der Waals surface area contributed by atoms with Gasteiger partial charge in [0, 0.05) is 18.0 Å². The summed E-state index contributed by atoms with van der Waals surface area (Å²) in [7, 11) is -3.66. The zero-order valence-corrected chi connectivity index (χ0v) is 11.9. The first-order valence-corrected chi connectivity index (χ1v) is 7.79. The topological polar surface area (TPSA) is 101 Å². The smallest absolute Gasteiger partial charge is 0.250 e. The second-order valence-corrected chi connectivity index (χ2v) is 6.77. The number of amides is 1. The molecule has 4 N–H and O–H groups in total. The van der Waals surface area contributed by atoms with Crippen LogP contribution in [0.4, 0.5) is 0 Å². The van der Waals surface area contributed by atoms with Crippen molar-refractivity contribution >= 4 is 27.3 Å². The van der Waals surface area contributed by atoms with E-state index in [1.54, 1.807) is 13.0 Å². The molecule has 0 radical (unpaired) electrons. The zero-order chi connectivity index (χ0) is 13.8. The fraction of sp³-hybridized carbons (Fsp3) is 0.500. The number of nitrogens with one attached hydrogen (secondary N) is 2. The highest BCUT2D eigenvalue weighted by Gasteiger charge is 2.22. The second kappa shape index (κ2) is 6.28. The van der Waals surface area contributed by atoms with Crippen molar-refractivity contribution in [2.24, 2.45) is 5.73 Å². The van der Waals surface area contributed by atoms with E-state index in [-0.39, 0.29) is 10.1 Å². The van der Waals surface area contributed by atoms with Crippen molar-refractivity contribution in [2.75, 3.05) is 6.54 Å². The van der Waals surface area contributed by atoms with Gasteiger partial charge in [0.1, 0.15) is 4.21 Å². The molecular weight excluding hydrogens is 274 g/mol. The Balaban J connectivity index is 2.78. The van der Waals surface area contributed by atoms with E-state index in [9.17, 15) is 13.2 Å². The molecule has 18 heavy (non-hydrogen) atoms. The van der Waals surface area contributed by atoms with Crippen molar-refractivity contribution in [1.29, 1.82) is 0 Å². The van der Waals surface area contributed by atoms with Crippen LogP contribution in [0, 0.1) is 0 Å². The Kier molecular flexibility index (Phi) is 5.27. The normalized spacial score (nSPS) is 13.3. The lowest BCUT2D eigenvalue weighted by Crippen LogP contribution is -2.44. The van der Waals surface area contributed by atoms with E-state index in [1.165, 1.54) is 13.0 Å². The molecular formula is C10H17N3O3S2. The Morgan fingerprint density at radius 1 is 1.50 bits per heavy atom. The van der Waals surface area contributed by atoms with Crippen LogP contribution < -0.4 is 15.8 Å². The number of hydrogen-bond acceptors (Lipinski definition) is 5. The number of carbonyl (C=O) groups excluding carboxylic acids is 1. The van der Waals surface area contributed by atoms with Gasteiger partial charge in [-0.1, -0.05) is 0 Å². The van der Waals surface area contributed by atoms with E-state index in [2.05, 4.69) is 10.0 Å². The van der Waals surface area contributed by atoms with Gasteiger partial charge in [0.15, 0.2) is 0 Å². The van der Waals surface area contributed by atoms with E-state index in [1.807, 2.05) is 0 Å². The number of carbonyl (C=O) groups is 1. The molecule has 0 saturated carbocycles. The zero-order valence-electron chi connectivity index (χ0n) is 10.3. The number of hydrogen-bond donors (Lipinski definition) is 3. The maximum atomic E-state index is 12.0. The van der Waals surface area contributed by atoms with Gasteiger partial charge in [-0.3, -0.25) is 4.79 Å². The average molecular weight is 291 g/mol. The number of nitrogens with two attached hydrogens (primary N) is 1. The molecule has 1 aromatic rings. The first-order valence-electron chi connectivity index (χ1n) is 5.49. The van der Waals surface area contributed by atoms with Crippen LogP contribution in [0.15, 0.2) is 16.3 Å². The quantitative estimate of drug-likeness (QED) is 0.687. The second-order valence-electron chi connectivity index (χ2n) is 3.66. The number of thiophene rings is 1. The molecule has 1 rings (SSSR count). The highest BCUT2D eigenvalue weighted by Crippen LogP contribution is 2.21. The Morgan fingerprint density at radius 3 is 2.67 bits per heavy atom. The Bertz CT molecular complexity index is 510. The number of likely N-dealkylation sites (N-methyl/N-ethyl adjacent to an activating group) is 1. The van der Waals surface area contributed by atoms with Crippen LogP contribution in [0.2, 0.25) is 0 Å². The van der Waals surface area contributed by atoms with E-state index < -0.39 is 16.1 Å². The largest absolute Gasteiger partial charge is 0.355 e. The van der Waals surface area contributed by atoms with Crippen LogP contribution in [0.25, 0.3) is 0 Å². The van der Waals surface area contributed by atoms with Gasteiger partial charge in [-0.05, 0) is 26.0 Å². The van der Waals surface area contributed by atoms with Gasteiger partial charge in [0.2, 0.25) is 5.91 Å². The molecule has 0 spiro atoms. The first-order chi connectivity index (χ1) is 8.40. The van der Waals surface area contributed by atoms with Gasteiger partial charge in [0.05, 0.1) is 6.04 Å². The van der Waals surface area contributed by atoms with Crippen molar-refractivity contribution in [1.82, 2.24) is 10.0 Å². The minimum Gasteiger partial charge on any atom is -0.355 e. The molecule has 0 aliphatic rings. The fourth-order valence-corrected chi connectivity index (χ4v) is 3.74. The maximum Gasteiger partial charge on any atom is 0.250 e. The molecule has 0 aliphatic carbocycles. The van der Waals surface area contributed by atoms with Crippen molar-refractivity contribution < 1.29 is 13.2 Å². The SMILES string of the molecule is CCNC(=O)C(C)NS(=O)(=O)c1ccc(CN)s1. The molecule has 6 nitrogen and oxygen atoms in total. The predicted molar refractivity (Wildman–Crippen MR) is 70.7 cm³/mol. The van der Waals surface area contributed by atoms with E-state index in [4.69, 9.17) is 5.73 Å². The minimum atomic E-state index is -3.66. The van der Waals surface area contributed by atoms with Gasteiger partial charge in [-0.15, -0.1) is 11.3 Å². The molecule has 8 heteroatoms. The molecule has 1 atom stereocenters. The summed E-state index contributed by atoms with van der Waals surface area (Å²) in [5, 5.41) is 2.55. The molecule has 1 amide bonds. The monoisotopic (exact) mass is 291 g/mol. The lowest BCUT2D eigenvalue weighted by molar-refractivity contribution is -0.122. The Hall–Kier alpha value is -0.960. The summed E-state index contributed by atoms with van der Waals surface area (Å²) in [4.78, 5) is 12.2. The van der Waals surface area contributed by atoms with Crippen molar-refractivity contribution in [3.05, 3.63) is 17.0 Å². The van der Waals surface area contributed by atoms with Gasteiger partial charge >= 0.3 is 0 Å². The van der Waals surface area contributed by atoms with E-state index in [0.717, 1.165) is 16.2 Å². The average Bonchev–Trinajstić information content (AvgIpc) is 2.78. The van der Waals surface area contributed by atoms with Crippen LogP contribution in [0.1, 0.15) is 18.7 Å². The van der Waals surface area contributed by atoms with Gasteiger partial charge in [-0.25, -0.2) is 8.42 Å². The third-order valence-electron chi connectivity index (χ3n) is 2.18. The molecule has 1 aromatic heterocycles. The highest BCUT2D eigenvalue weighted by molar-refractivity contribution is 7.91. The van der Waals surface area contributed by atoms with E-state index >= 15 is 0 Å². The van der Waals surface area contributed by atoms with Crippen LogP contribution in [-0.2, 0) is 21.4 Å². The van der Waals surface area contributed by atoms with Gasteiger partial charge < -0.3 is 11.1 Å². The molecule has 0 bridgehead atoms. The molecule has 0 aromatic carbocycles. The first kappa shape index (κ1) is 15.1. The van der Waals surface area contributed by atoms with Crippen LogP contribution in [0.3, 0.4) is 0 Å². The third-order valence-corrected chi connectivity index (χ3v) is 5.32. The highest BCUT2D eigenvalue weighted by atomic mass is 32.2. The molecule has 0 saturated heterocycles. The summed E-state index contributed by atoms with van der Waals surface area (Å²) >= 11 is 1.10. The molecule has 102 valence electrons. The summed E-state index contributed by atoms with van der Waals surface area (Å²) in [5.41, 5.74) is 5.43. The van der Waals surface area contributed by atoms with Gasteiger partial charge in [0.25, 0.3) is 10.0 Å². The number of rotatable bonds is 6. The molecule has 1 unspecified atom stereocenters. The minimum absolute atomic E-state index is 0.166. The van der Waals surface area contributed by atoms with Crippen molar-refractivity contribution in [2.45, 2.75) is 30.6 Å². The predicted octanol–water partition coefficient (Wildman–Crippen LogP) is 0.00970. The summed E-state index contributed by atoms with van der Waals surface area (Å²) in [6.45, 7) is 4.03. The summed E-state index contributed by atoms with van der Waals surface area (Å²) in [6.07, 6.45) is 0. The number of sulfonamides is 1.